The van der Waals surface area contributed by atoms with E-state index in [0.717, 1.165) is 51.6 Å². The minimum Gasteiger partial charge on any atom is -0.311 e. The molecule has 1 unspecified atom stereocenters. The SMILES string of the molecule is C=Cc1c(C=CC)n(-c2ccc(-c3ccc(N(c4ccc(-c5ccccc5)cc4)c4ccc(-c5cccc6c5C5(c7ccccc7-6)c6ccccc6-c6c5ccc5c6-c6ccccc6C5)cc4)cc3)cc2)c2ccccc12. The van der Waals surface area contributed by atoms with Crippen LogP contribution >= 0.6 is 0 Å². The molecule has 362 valence electrons. The normalized spacial score (nSPS) is 14.3. The molecule has 3 aliphatic carbocycles. The van der Waals surface area contributed by atoms with Crippen molar-refractivity contribution in [1.29, 1.82) is 0 Å². The highest BCUT2D eigenvalue weighted by Gasteiger charge is 2.53. The van der Waals surface area contributed by atoms with Crippen molar-refractivity contribution in [3.8, 4) is 72.4 Å². The average molecular weight is 981 g/mol. The van der Waals surface area contributed by atoms with Crippen molar-refractivity contribution in [3.63, 3.8) is 0 Å². The third kappa shape index (κ3) is 6.68. The van der Waals surface area contributed by atoms with E-state index in [0.29, 0.717) is 0 Å². The van der Waals surface area contributed by atoms with Crippen LogP contribution in [-0.4, -0.2) is 4.57 Å². The highest BCUT2D eigenvalue weighted by molar-refractivity contribution is 6.04. The monoisotopic (exact) mass is 980 g/mol. The Morgan fingerprint density at radius 3 is 1.62 bits per heavy atom. The van der Waals surface area contributed by atoms with Crippen LogP contribution in [0.4, 0.5) is 17.1 Å². The Kier molecular flexibility index (Phi) is 10.3. The van der Waals surface area contributed by atoms with Crippen molar-refractivity contribution < 1.29 is 0 Å². The van der Waals surface area contributed by atoms with Crippen LogP contribution in [0.1, 0.15) is 51.6 Å². The Hall–Kier alpha value is -9.76. The molecule has 0 saturated carbocycles. The quantitative estimate of drug-likeness (QED) is 0.140. The van der Waals surface area contributed by atoms with E-state index >= 15 is 0 Å². The number of fused-ring (bicyclic) bond motifs is 15. The molecule has 0 N–H and O–H groups in total. The fourth-order valence-corrected chi connectivity index (χ4v) is 13.5. The van der Waals surface area contributed by atoms with Crippen LogP contribution in [-0.2, 0) is 11.8 Å². The lowest BCUT2D eigenvalue weighted by Gasteiger charge is -2.32. The summed E-state index contributed by atoms with van der Waals surface area (Å²) < 4.78 is 2.34. The maximum Gasteiger partial charge on any atom is 0.0731 e. The summed E-state index contributed by atoms with van der Waals surface area (Å²) in [6.45, 7) is 6.25. The molecule has 0 bridgehead atoms. The van der Waals surface area contributed by atoms with Crippen molar-refractivity contribution in [1.82, 2.24) is 4.57 Å². The van der Waals surface area contributed by atoms with Crippen LogP contribution in [0.3, 0.4) is 0 Å². The van der Waals surface area contributed by atoms with Gasteiger partial charge in [0.2, 0.25) is 0 Å². The lowest BCUT2D eigenvalue weighted by molar-refractivity contribution is 0.795. The zero-order valence-electron chi connectivity index (χ0n) is 42.8. The standard InChI is InChI=1S/C75H52N2/c1-3-17-70-60(4-2)64-23-12-15-29-71(64)77(70)59-43-34-52(35-44-59)51-32-41-57(42-33-51)76(56-39-30-50(31-40-56)49-18-6-5-7-19-49)58-45-36-53(37-46-58)62-25-16-26-65-63-22-10-13-27-67(63)75(74(62)65)68-28-14-11-24-66(68)73-69(75)47-38-55-48-54-20-8-9-21-61(54)72(55)73/h3-47H,2,48H2,1H3. The number of hydrogen-bond acceptors (Lipinski definition) is 1. The molecule has 1 atom stereocenters. The van der Waals surface area contributed by atoms with Gasteiger partial charge in [-0.1, -0.05) is 219 Å². The smallest absolute Gasteiger partial charge is 0.0731 e. The number of hydrogen-bond donors (Lipinski definition) is 0. The summed E-state index contributed by atoms with van der Waals surface area (Å²) in [6, 6.07) is 94.8. The predicted octanol–water partition coefficient (Wildman–Crippen LogP) is 19.7. The van der Waals surface area contributed by atoms with Gasteiger partial charge < -0.3 is 9.47 Å². The van der Waals surface area contributed by atoms with Crippen LogP contribution in [0.15, 0.2) is 267 Å². The van der Waals surface area contributed by atoms with Gasteiger partial charge in [-0.2, -0.15) is 0 Å². The van der Waals surface area contributed by atoms with E-state index in [1.165, 1.54) is 99.9 Å². The van der Waals surface area contributed by atoms with Gasteiger partial charge >= 0.3 is 0 Å². The summed E-state index contributed by atoms with van der Waals surface area (Å²) >= 11 is 0. The van der Waals surface area contributed by atoms with E-state index in [-0.39, 0.29) is 0 Å². The third-order valence-corrected chi connectivity index (χ3v) is 16.8. The summed E-state index contributed by atoms with van der Waals surface area (Å²) in [5, 5.41) is 1.20. The Morgan fingerprint density at radius 2 is 0.948 bits per heavy atom. The van der Waals surface area contributed by atoms with Crippen LogP contribution in [0.25, 0.3) is 95.5 Å². The van der Waals surface area contributed by atoms with E-state index in [1.54, 1.807) is 0 Å². The molecule has 0 aliphatic heterocycles. The summed E-state index contributed by atoms with van der Waals surface area (Å²) in [7, 11) is 0. The molecule has 1 heterocycles. The molecule has 0 amide bonds. The molecule has 1 spiro atoms. The second-order valence-corrected chi connectivity index (χ2v) is 20.7. The number of benzene rings is 11. The zero-order valence-corrected chi connectivity index (χ0v) is 42.8. The summed E-state index contributed by atoms with van der Waals surface area (Å²) in [5.41, 5.74) is 30.9. The molecule has 15 rings (SSSR count). The number of anilines is 3. The molecule has 12 aromatic rings. The van der Waals surface area contributed by atoms with E-state index < -0.39 is 5.41 Å². The number of aromatic nitrogens is 1. The molecule has 11 aromatic carbocycles. The van der Waals surface area contributed by atoms with Crippen LogP contribution in [0.2, 0.25) is 0 Å². The highest BCUT2D eigenvalue weighted by Crippen LogP contribution is 2.66. The number of rotatable bonds is 9. The van der Waals surface area contributed by atoms with Crippen molar-refractivity contribution in [2.24, 2.45) is 0 Å². The molecular formula is C75H52N2. The largest absolute Gasteiger partial charge is 0.311 e. The third-order valence-electron chi connectivity index (χ3n) is 16.8. The first-order chi connectivity index (χ1) is 38.1. The first kappa shape index (κ1) is 44.7. The van der Waals surface area contributed by atoms with E-state index in [9.17, 15) is 0 Å². The van der Waals surface area contributed by atoms with Crippen molar-refractivity contribution >= 4 is 40.1 Å². The van der Waals surface area contributed by atoms with Gasteiger partial charge in [-0.15, -0.1) is 0 Å². The predicted molar refractivity (Wildman–Crippen MR) is 324 cm³/mol. The van der Waals surface area contributed by atoms with E-state index in [2.05, 4.69) is 290 Å². The summed E-state index contributed by atoms with van der Waals surface area (Å²) in [6.07, 6.45) is 7.22. The zero-order chi connectivity index (χ0) is 51.2. The molecule has 1 aromatic heterocycles. The van der Waals surface area contributed by atoms with Crippen molar-refractivity contribution in [2.45, 2.75) is 18.8 Å². The minimum absolute atomic E-state index is 0.491. The maximum absolute atomic E-state index is 4.18. The molecule has 0 saturated heterocycles. The van der Waals surface area contributed by atoms with Crippen molar-refractivity contribution in [2.75, 3.05) is 4.90 Å². The second kappa shape index (κ2) is 17.7. The molecule has 3 aliphatic rings. The Labute approximate surface area is 450 Å². The van der Waals surface area contributed by atoms with Gasteiger partial charge in [-0.05, 0) is 174 Å². The number of nitrogens with zero attached hydrogens (tertiary/aromatic N) is 2. The molecule has 77 heavy (non-hydrogen) atoms. The molecule has 0 radical (unpaired) electrons. The van der Waals surface area contributed by atoms with Gasteiger partial charge in [-0.25, -0.2) is 0 Å². The van der Waals surface area contributed by atoms with Crippen LogP contribution in [0, 0.1) is 0 Å². The van der Waals surface area contributed by atoms with Gasteiger partial charge in [0.05, 0.1) is 16.6 Å². The number of para-hydroxylation sites is 1. The van der Waals surface area contributed by atoms with Crippen LogP contribution in [0.5, 0.6) is 0 Å². The molecule has 2 nitrogen and oxygen atoms in total. The Balaban J connectivity index is 0.833. The fourth-order valence-electron chi connectivity index (χ4n) is 13.5. The first-order valence-electron chi connectivity index (χ1n) is 26.9. The summed E-state index contributed by atoms with van der Waals surface area (Å²) in [4.78, 5) is 2.39. The van der Waals surface area contributed by atoms with E-state index in [1.807, 2.05) is 6.08 Å². The number of allylic oxidation sites excluding steroid dienone is 1. The Morgan fingerprint density at radius 1 is 0.416 bits per heavy atom. The lowest BCUT2D eigenvalue weighted by Crippen LogP contribution is -2.26. The minimum atomic E-state index is -0.491. The van der Waals surface area contributed by atoms with Gasteiger partial charge in [0.25, 0.3) is 0 Å². The van der Waals surface area contributed by atoms with Crippen molar-refractivity contribution in [3.05, 3.63) is 312 Å². The molecular weight excluding hydrogens is 929 g/mol. The highest BCUT2D eigenvalue weighted by atomic mass is 15.1. The average Bonchev–Trinajstić information content (AvgIpc) is 3.31. The van der Waals surface area contributed by atoms with Gasteiger partial charge in [0.15, 0.2) is 0 Å². The maximum atomic E-state index is 4.18. The molecule has 2 heteroatoms. The van der Waals surface area contributed by atoms with Gasteiger partial charge in [0.1, 0.15) is 0 Å². The Bertz CT molecular complexity index is 4340. The fraction of sp³-hybridized carbons (Fsp3) is 0.0400. The molecule has 0 fully saturated rings. The summed E-state index contributed by atoms with van der Waals surface area (Å²) in [5.74, 6) is 0. The topological polar surface area (TPSA) is 8.17 Å². The first-order valence-corrected chi connectivity index (χ1v) is 26.9. The van der Waals surface area contributed by atoms with E-state index in [4.69, 9.17) is 0 Å². The van der Waals surface area contributed by atoms with Crippen LogP contribution < -0.4 is 4.90 Å². The van der Waals surface area contributed by atoms with Gasteiger partial charge in [-0.3, -0.25) is 0 Å². The second-order valence-electron chi connectivity index (χ2n) is 20.7. The van der Waals surface area contributed by atoms with Gasteiger partial charge in [0, 0.05) is 33.7 Å². The lowest BCUT2D eigenvalue weighted by atomic mass is 9.68.